The molecule has 0 spiro atoms. The average molecular weight is 409 g/mol. The summed E-state index contributed by atoms with van der Waals surface area (Å²) in [5.41, 5.74) is 2.21. The quantitative estimate of drug-likeness (QED) is 0.548. The molecule has 2 aromatic heterocycles. The lowest BCUT2D eigenvalue weighted by atomic mass is 10.1. The highest BCUT2D eigenvalue weighted by Gasteiger charge is 2.11. The van der Waals surface area contributed by atoms with Crippen molar-refractivity contribution in [2.45, 2.75) is 6.54 Å². The Labute approximate surface area is 171 Å². The van der Waals surface area contributed by atoms with E-state index in [0.29, 0.717) is 27.7 Å². The summed E-state index contributed by atoms with van der Waals surface area (Å²) in [4.78, 5) is 25.1. The molecule has 29 heavy (non-hydrogen) atoms. The molecule has 7 nitrogen and oxygen atoms in total. The van der Waals surface area contributed by atoms with Gasteiger partial charge < -0.3 is 14.6 Å². The maximum atomic E-state index is 12.8. The summed E-state index contributed by atoms with van der Waals surface area (Å²) in [6.07, 6.45) is 3.19. The van der Waals surface area contributed by atoms with Crippen molar-refractivity contribution in [3.8, 4) is 17.0 Å². The van der Waals surface area contributed by atoms with E-state index in [1.54, 1.807) is 62.0 Å². The van der Waals surface area contributed by atoms with Crippen molar-refractivity contribution in [2.24, 2.45) is 0 Å². The molecular weight excluding hydrogens is 392 g/mol. The Morgan fingerprint density at radius 2 is 1.83 bits per heavy atom. The second-order valence-corrected chi connectivity index (χ2v) is 6.81. The molecule has 1 amide bonds. The summed E-state index contributed by atoms with van der Waals surface area (Å²) in [6, 6.07) is 15.9. The number of nitrogens with one attached hydrogen (secondary N) is 1. The van der Waals surface area contributed by atoms with Gasteiger partial charge in [-0.1, -0.05) is 23.7 Å². The second-order valence-electron chi connectivity index (χ2n) is 6.37. The number of fused-ring (bicyclic) bond motifs is 1. The van der Waals surface area contributed by atoms with Crippen LogP contribution in [0.15, 0.2) is 71.8 Å². The van der Waals surface area contributed by atoms with Crippen LogP contribution >= 0.6 is 11.6 Å². The Kier molecular flexibility index (Phi) is 5.05. The van der Waals surface area contributed by atoms with Gasteiger partial charge in [0.25, 0.3) is 5.56 Å². The van der Waals surface area contributed by atoms with E-state index in [9.17, 15) is 9.59 Å². The normalized spacial score (nSPS) is 10.8. The number of hydrogen-bond acceptors (Lipinski definition) is 4. The second kappa shape index (κ2) is 7.81. The number of rotatable bonds is 5. The Morgan fingerprint density at radius 3 is 2.52 bits per heavy atom. The Bertz CT molecular complexity index is 1230. The minimum Gasteiger partial charge on any atom is -0.497 e. The van der Waals surface area contributed by atoms with Gasteiger partial charge in [0.05, 0.1) is 12.8 Å². The average Bonchev–Trinajstić information content (AvgIpc) is 3.16. The van der Waals surface area contributed by atoms with Gasteiger partial charge in [0.2, 0.25) is 5.91 Å². The number of methoxy groups -OCH3 is 1. The van der Waals surface area contributed by atoms with Gasteiger partial charge in [0.1, 0.15) is 17.8 Å². The first-order chi connectivity index (χ1) is 14.0. The molecule has 0 saturated carbocycles. The topological polar surface area (TPSA) is 77.6 Å². The largest absolute Gasteiger partial charge is 0.497 e. The molecule has 1 N–H and O–H groups in total. The van der Waals surface area contributed by atoms with Crippen molar-refractivity contribution in [1.82, 2.24) is 14.2 Å². The molecular formula is C21H17ClN4O3. The van der Waals surface area contributed by atoms with Crippen molar-refractivity contribution < 1.29 is 9.53 Å². The molecule has 0 radical (unpaired) electrons. The first-order valence-electron chi connectivity index (χ1n) is 8.82. The minimum absolute atomic E-state index is 0.108. The molecule has 2 aromatic carbocycles. The number of ether oxygens (including phenoxy) is 1. The Morgan fingerprint density at radius 1 is 1.10 bits per heavy atom. The summed E-state index contributed by atoms with van der Waals surface area (Å²) in [7, 11) is 1.57. The van der Waals surface area contributed by atoms with Crippen LogP contribution in [-0.2, 0) is 11.3 Å². The number of benzene rings is 2. The van der Waals surface area contributed by atoms with Crippen LogP contribution in [0.25, 0.3) is 16.8 Å². The van der Waals surface area contributed by atoms with Crippen LogP contribution in [0.1, 0.15) is 0 Å². The molecule has 0 bridgehead atoms. The third-order valence-corrected chi connectivity index (χ3v) is 4.68. The summed E-state index contributed by atoms with van der Waals surface area (Å²) >= 11 is 5.92. The van der Waals surface area contributed by atoms with Crippen LogP contribution in [0.5, 0.6) is 5.75 Å². The van der Waals surface area contributed by atoms with E-state index < -0.39 is 0 Å². The number of carbonyl (C=O) groups excluding carboxylic acids is 1. The summed E-state index contributed by atoms with van der Waals surface area (Å²) in [5.74, 6) is 0.390. The predicted octanol–water partition coefficient (Wildman–Crippen LogP) is 3.46. The van der Waals surface area contributed by atoms with Gasteiger partial charge in [-0.3, -0.25) is 9.59 Å². The van der Waals surface area contributed by atoms with Crippen LogP contribution in [0.4, 0.5) is 5.69 Å². The summed E-state index contributed by atoms with van der Waals surface area (Å²) in [6.45, 7) is -0.108. The molecule has 4 aromatic rings. The minimum atomic E-state index is -0.306. The third-order valence-electron chi connectivity index (χ3n) is 4.43. The molecule has 0 aliphatic carbocycles. The van der Waals surface area contributed by atoms with Crippen LogP contribution in [-0.4, -0.2) is 27.2 Å². The molecule has 0 fully saturated rings. The van der Waals surface area contributed by atoms with E-state index in [-0.39, 0.29) is 18.0 Å². The molecule has 146 valence electrons. The van der Waals surface area contributed by atoms with Crippen molar-refractivity contribution >= 4 is 28.7 Å². The Hall–Kier alpha value is -3.58. The van der Waals surface area contributed by atoms with Crippen molar-refractivity contribution in [3.05, 3.63) is 82.4 Å². The standard InChI is InChI=1S/C21H17ClN4O3/c1-29-17-8-6-16(7-9-17)23-20(27)13-25-10-11-26-19(21(25)28)12-18(24-26)14-2-4-15(22)5-3-14/h2-12H,13H2,1H3,(H,23,27). The molecule has 0 saturated heterocycles. The van der Waals surface area contributed by atoms with Crippen molar-refractivity contribution in [2.75, 3.05) is 12.4 Å². The molecule has 0 unspecified atom stereocenters. The van der Waals surface area contributed by atoms with Crippen LogP contribution < -0.4 is 15.6 Å². The van der Waals surface area contributed by atoms with Gasteiger partial charge in [-0.25, -0.2) is 4.52 Å². The molecule has 0 aliphatic heterocycles. The number of amides is 1. The van der Waals surface area contributed by atoms with Gasteiger partial charge in [-0.2, -0.15) is 5.10 Å². The number of carbonyl (C=O) groups is 1. The zero-order valence-electron chi connectivity index (χ0n) is 15.5. The van der Waals surface area contributed by atoms with Crippen LogP contribution in [0.2, 0.25) is 5.02 Å². The summed E-state index contributed by atoms with van der Waals surface area (Å²) in [5, 5.41) is 7.82. The fourth-order valence-corrected chi connectivity index (χ4v) is 3.07. The van der Waals surface area contributed by atoms with Gasteiger partial charge in [-0.05, 0) is 42.5 Å². The van der Waals surface area contributed by atoms with Gasteiger partial charge in [0.15, 0.2) is 0 Å². The molecule has 2 heterocycles. The van der Waals surface area contributed by atoms with E-state index in [2.05, 4.69) is 10.4 Å². The molecule has 0 aliphatic rings. The number of aromatic nitrogens is 3. The highest BCUT2D eigenvalue weighted by atomic mass is 35.5. The number of halogens is 1. The smallest absolute Gasteiger partial charge is 0.277 e. The number of anilines is 1. The zero-order chi connectivity index (χ0) is 20.4. The lowest BCUT2D eigenvalue weighted by Crippen LogP contribution is -2.28. The van der Waals surface area contributed by atoms with E-state index in [1.165, 1.54) is 9.08 Å². The molecule has 8 heteroatoms. The first-order valence-corrected chi connectivity index (χ1v) is 9.20. The summed E-state index contributed by atoms with van der Waals surface area (Å²) < 4.78 is 7.95. The van der Waals surface area contributed by atoms with E-state index in [1.807, 2.05) is 12.1 Å². The van der Waals surface area contributed by atoms with Crippen LogP contribution in [0, 0.1) is 0 Å². The number of nitrogens with zero attached hydrogens (tertiary/aromatic N) is 3. The van der Waals surface area contributed by atoms with Crippen molar-refractivity contribution in [3.63, 3.8) is 0 Å². The maximum Gasteiger partial charge on any atom is 0.277 e. The van der Waals surface area contributed by atoms with Crippen LogP contribution in [0.3, 0.4) is 0 Å². The molecule has 4 rings (SSSR count). The SMILES string of the molecule is COc1ccc(NC(=O)Cn2ccn3nc(-c4ccc(Cl)cc4)cc3c2=O)cc1. The fourth-order valence-electron chi connectivity index (χ4n) is 2.94. The van der Waals surface area contributed by atoms with Crippen molar-refractivity contribution in [1.29, 1.82) is 0 Å². The number of hydrogen-bond donors (Lipinski definition) is 1. The third kappa shape index (κ3) is 4.00. The van der Waals surface area contributed by atoms with Gasteiger partial charge >= 0.3 is 0 Å². The first kappa shape index (κ1) is 18.8. The zero-order valence-corrected chi connectivity index (χ0v) is 16.3. The highest BCUT2D eigenvalue weighted by Crippen LogP contribution is 2.20. The fraction of sp³-hybridized carbons (Fsp3) is 0.0952. The highest BCUT2D eigenvalue weighted by molar-refractivity contribution is 6.30. The van der Waals surface area contributed by atoms with E-state index in [0.717, 1.165) is 5.56 Å². The lowest BCUT2D eigenvalue weighted by molar-refractivity contribution is -0.116. The predicted molar refractivity (Wildman–Crippen MR) is 112 cm³/mol. The van der Waals surface area contributed by atoms with E-state index >= 15 is 0 Å². The monoisotopic (exact) mass is 408 g/mol. The van der Waals surface area contributed by atoms with E-state index in [4.69, 9.17) is 16.3 Å². The van der Waals surface area contributed by atoms with Gasteiger partial charge in [-0.15, -0.1) is 0 Å². The Balaban J connectivity index is 1.56. The molecule has 0 atom stereocenters. The van der Waals surface area contributed by atoms with Gasteiger partial charge in [0, 0.05) is 28.7 Å². The lowest BCUT2D eigenvalue weighted by Gasteiger charge is -2.08. The maximum absolute atomic E-state index is 12.8.